The van der Waals surface area contributed by atoms with Crippen LogP contribution in [-0.2, 0) is 12.0 Å². The van der Waals surface area contributed by atoms with Crippen molar-refractivity contribution in [3.8, 4) is 18.2 Å². The maximum Gasteiger partial charge on any atom is 0.256 e. The summed E-state index contributed by atoms with van der Waals surface area (Å²) >= 11 is 0. The van der Waals surface area contributed by atoms with E-state index in [9.17, 15) is 9.90 Å². The Hall–Kier alpha value is -3.20. The van der Waals surface area contributed by atoms with Crippen molar-refractivity contribution in [1.29, 1.82) is 0 Å². The third kappa shape index (κ3) is 3.29. The molecule has 2 bridgehead atoms. The van der Waals surface area contributed by atoms with Gasteiger partial charge in [0.05, 0.1) is 5.69 Å². The van der Waals surface area contributed by atoms with Gasteiger partial charge in [0, 0.05) is 24.2 Å². The second kappa shape index (κ2) is 7.81. The van der Waals surface area contributed by atoms with E-state index >= 15 is 0 Å². The van der Waals surface area contributed by atoms with Crippen LogP contribution in [0, 0.1) is 18.3 Å². The van der Waals surface area contributed by atoms with E-state index in [0.29, 0.717) is 12.2 Å². The lowest BCUT2D eigenvalue weighted by Gasteiger charge is -2.54. The number of nitrogens with zero attached hydrogens (tertiary/aromatic N) is 3. The van der Waals surface area contributed by atoms with Crippen molar-refractivity contribution < 1.29 is 5.11 Å². The summed E-state index contributed by atoms with van der Waals surface area (Å²) < 4.78 is 1.53. The number of piperidine rings is 3. The smallest absolute Gasteiger partial charge is 0.256 e. The van der Waals surface area contributed by atoms with Gasteiger partial charge in [0.25, 0.3) is 5.56 Å². The van der Waals surface area contributed by atoms with Crippen LogP contribution in [0.3, 0.4) is 0 Å². The summed E-state index contributed by atoms with van der Waals surface area (Å²) in [6.07, 6.45) is 10.0. The topological polar surface area (TPSA) is 58.4 Å². The third-order valence-electron chi connectivity index (χ3n) is 6.77. The number of terminal acetylenes is 1. The Morgan fingerprint density at radius 3 is 2.52 bits per heavy atom. The molecule has 0 spiro atoms. The van der Waals surface area contributed by atoms with E-state index in [1.807, 2.05) is 48.5 Å². The normalized spacial score (nSPS) is 27.0. The molecular weight excluding hydrogens is 386 g/mol. The van der Waals surface area contributed by atoms with Crippen LogP contribution in [0.2, 0.25) is 0 Å². The van der Waals surface area contributed by atoms with Crippen LogP contribution in [-0.4, -0.2) is 38.7 Å². The van der Waals surface area contributed by atoms with Crippen LogP contribution in [0.1, 0.15) is 29.7 Å². The van der Waals surface area contributed by atoms with E-state index in [-0.39, 0.29) is 17.5 Å². The number of aromatic nitrogens is 2. The molecule has 5 nitrogen and oxygen atoms in total. The van der Waals surface area contributed by atoms with Gasteiger partial charge in [0.15, 0.2) is 0 Å². The van der Waals surface area contributed by atoms with Crippen molar-refractivity contribution in [2.75, 3.05) is 13.1 Å². The summed E-state index contributed by atoms with van der Waals surface area (Å²) in [4.78, 5) is 19.5. The number of fused-ring (bicyclic) bond motifs is 3. The fourth-order valence-electron chi connectivity index (χ4n) is 5.23. The van der Waals surface area contributed by atoms with Crippen molar-refractivity contribution >= 4 is 0 Å². The van der Waals surface area contributed by atoms with Gasteiger partial charge in [0.2, 0.25) is 0 Å². The molecule has 1 N–H and O–H groups in total. The molecule has 3 aliphatic rings. The Bertz CT molecular complexity index is 1190. The second-order valence-corrected chi connectivity index (χ2v) is 8.44. The van der Waals surface area contributed by atoms with E-state index in [1.165, 1.54) is 10.6 Å². The van der Waals surface area contributed by atoms with Crippen LogP contribution < -0.4 is 5.56 Å². The summed E-state index contributed by atoms with van der Waals surface area (Å²) in [6, 6.07) is 18.5. The molecule has 3 fully saturated rings. The fraction of sp³-hybridized carbons (Fsp3) is 0.308. The van der Waals surface area contributed by atoms with Gasteiger partial charge in [-0.1, -0.05) is 48.4 Å². The average Bonchev–Trinajstić information content (AvgIpc) is 2.81. The highest BCUT2D eigenvalue weighted by Crippen LogP contribution is 2.47. The van der Waals surface area contributed by atoms with E-state index in [0.717, 1.165) is 42.8 Å². The molecule has 3 aromatic rings. The van der Waals surface area contributed by atoms with Crippen molar-refractivity contribution in [2.45, 2.75) is 30.9 Å². The van der Waals surface area contributed by atoms with Crippen LogP contribution in [0.15, 0.2) is 71.7 Å². The first-order valence-electron chi connectivity index (χ1n) is 10.8. The number of aliphatic hydroxyl groups is 1. The first-order chi connectivity index (χ1) is 15.1. The molecule has 156 valence electrons. The highest BCUT2D eigenvalue weighted by molar-refractivity contribution is 5.41. The molecule has 0 aliphatic carbocycles. The predicted molar refractivity (Wildman–Crippen MR) is 120 cm³/mol. The maximum absolute atomic E-state index is 12.4. The molecule has 2 atom stereocenters. The highest BCUT2D eigenvalue weighted by atomic mass is 16.3. The quantitative estimate of drug-likeness (QED) is 0.671. The summed E-state index contributed by atoms with van der Waals surface area (Å²) in [6.45, 7) is 1.83. The van der Waals surface area contributed by atoms with Crippen molar-refractivity contribution in [1.82, 2.24) is 14.5 Å². The first kappa shape index (κ1) is 19.7. The minimum absolute atomic E-state index is 0.0974. The molecule has 0 saturated carbocycles. The van der Waals surface area contributed by atoms with Gasteiger partial charge in [-0.25, -0.2) is 4.98 Å². The second-order valence-electron chi connectivity index (χ2n) is 8.44. The summed E-state index contributed by atoms with van der Waals surface area (Å²) in [7, 11) is 0. The minimum atomic E-state index is -1.15. The lowest BCUT2D eigenvalue weighted by molar-refractivity contribution is -0.143. The summed E-state index contributed by atoms with van der Waals surface area (Å²) in [5, 5.41) is 12.1. The number of hydrogen-bond acceptors (Lipinski definition) is 4. The Kier molecular flexibility index (Phi) is 4.97. The zero-order chi connectivity index (χ0) is 21.4. The Balaban J connectivity index is 1.67. The number of pyridine rings is 2. The lowest BCUT2D eigenvalue weighted by atomic mass is 9.66. The molecule has 2 unspecified atom stereocenters. The van der Waals surface area contributed by atoms with Gasteiger partial charge >= 0.3 is 0 Å². The molecule has 5 heteroatoms. The molecule has 31 heavy (non-hydrogen) atoms. The standard InChI is InChI=1S/C26H25N3O2/c1-2-23-26(31,20-13-16-28(23)17-14-20)21-11-12-24(29-15-7-6-10-25(29)30)27-22(21)18-19-8-4-3-5-9-19/h1,3-12,15,20,23,31H,13-14,16-18H2. The van der Waals surface area contributed by atoms with Gasteiger partial charge in [-0.3, -0.25) is 14.3 Å². The van der Waals surface area contributed by atoms with E-state index in [1.54, 1.807) is 12.3 Å². The van der Waals surface area contributed by atoms with E-state index < -0.39 is 5.60 Å². The van der Waals surface area contributed by atoms with E-state index in [2.05, 4.69) is 10.8 Å². The van der Waals surface area contributed by atoms with Gasteiger partial charge in [0.1, 0.15) is 17.5 Å². The number of rotatable bonds is 4. The summed E-state index contributed by atoms with van der Waals surface area (Å²) in [5.41, 5.74) is 1.34. The zero-order valence-electron chi connectivity index (χ0n) is 17.3. The average molecular weight is 412 g/mol. The van der Waals surface area contributed by atoms with E-state index in [4.69, 9.17) is 11.4 Å². The largest absolute Gasteiger partial charge is 0.382 e. The van der Waals surface area contributed by atoms with Crippen molar-refractivity contribution in [3.05, 3.63) is 94.0 Å². The number of benzene rings is 1. The zero-order valence-corrected chi connectivity index (χ0v) is 17.3. The third-order valence-corrected chi connectivity index (χ3v) is 6.77. The lowest BCUT2D eigenvalue weighted by Crippen LogP contribution is -2.63. The molecule has 6 rings (SSSR count). The molecular formula is C26H25N3O2. The molecule has 1 aromatic carbocycles. The molecule has 2 aromatic heterocycles. The summed E-state index contributed by atoms with van der Waals surface area (Å²) in [5.74, 6) is 3.51. The van der Waals surface area contributed by atoms with Crippen molar-refractivity contribution in [2.24, 2.45) is 5.92 Å². The minimum Gasteiger partial charge on any atom is -0.382 e. The molecule has 0 radical (unpaired) electrons. The molecule has 3 saturated heterocycles. The number of hydrogen-bond donors (Lipinski definition) is 1. The van der Waals surface area contributed by atoms with Gasteiger partial charge in [-0.05, 0) is 49.5 Å². The molecule has 3 aliphatic heterocycles. The van der Waals surface area contributed by atoms with Crippen molar-refractivity contribution in [3.63, 3.8) is 0 Å². The predicted octanol–water partition coefficient (Wildman–Crippen LogP) is 2.74. The Labute approximate surface area is 182 Å². The monoisotopic (exact) mass is 411 g/mol. The van der Waals surface area contributed by atoms with Crippen LogP contribution in [0.4, 0.5) is 0 Å². The molecule has 5 heterocycles. The first-order valence-corrected chi connectivity index (χ1v) is 10.8. The van der Waals surface area contributed by atoms with Crippen LogP contribution >= 0.6 is 0 Å². The van der Waals surface area contributed by atoms with Crippen LogP contribution in [0.25, 0.3) is 5.82 Å². The highest BCUT2D eigenvalue weighted by Gasteiger charge is 2.54. The van der Waals surface area contributed by atoms with Gasteiger partial charge in [-0.15, -0.1) is 6.42 Å². The maximum atomic E-state index is 12.4. The van der Waals surface area contributed by atoms with Gasteiger partial charge < -0.3 is 5.11 Å². The van der Waals surface area contributed by atoms with Gasteiger partial charge in [-0.2, -0.15) is 0 Å². The molecule has 0 amide bonds. The SMILES string of the molecule is C#CC1N2CCC(CC2)C1(O)c1ccc(-n2ccccc2=O)nc1Cc1ccccc1. The Morgan fingerprint density at radius 1 is 1.06 bits per heavy atom. The Morgan fingerprint density at radius 2 is 1.81 bits per heavy atom. The fourth-order valence-corrected chi connectivity index (χ4v) is 5.23. The van der Waals surface area contributed by atoms with Crippen LogP contribution in [0.5, 0.6) is 0 Å².